The van der Waals surface area contributed by atoms with Crippen LogP contribution in [0.5, 0.6) is 0 Å². The molecule has 2 aromatic heterocycles. The molecule has 0 saturated carbocycles. The van der Waals surface area contributed by atoms with Gasteiger partial charge in [0.15, 0.2) is 11.5 Å². The maximum atomic E-state index is 5.83. The maximum Gasteiger partial charge on any atom is 0.226 e. The molecule has 7 heteroatoms. The lowest BCUT2D eigenvalue weighted by Crippen LogP contribution is -1.96. The number of halogens is 1. The van der Waals surface area contributed by atoms with Gasteiger partial charge in [-0.2, -0.15) is 20.2 Å². The number of aryl methyl sites for hydroxylation is 1. The highest BCUT2D eigenvalue weighted by Gasteiger charge is 2.07. The highest BCUT2D eigenvalue weighted by Crippen LogP contribution is 2.19. The van der Waals surface area contributed by atoms with Crippen molar-refractivity contribution in [2.24, 2.45) is 5.10 Å². The largest absolute Gasteiger partial charge is 0.261 e. The van der Waals surface area contributed by atoms with E-state index >= 15 is 0 Å². The summed E-state index contributed by atoms with van der Waals surface area (Å²) in [7, 11) is 0. The minimum absolute atomic E-state index is 0.134. The number of nitrogens with zero attached hydrogens (tertiary/aromatic N) is 4. The fraction of sp³-hybridized carbons (Fsp3) is 0.0769. The summed E-state index contributed by atoms with van der Waals surface area (Å²) in [6.07, 6.45) is 3.33. The lowest BCUT2D eigenvalue weighted by atomic mass is 10.2. The number of aromatic nitrogens is 4. The summed E-state index contributed by atoms with van der Waals surface area (Å²) in [4.78, 5) is 8.10. The van der Waals surface area contributed by atoms with Crippen LogP contribution in [0.4, 0.5) is 5.82 Å². The first kappa shape index (κ1) is 12.6. The first-order valence-corrected chi connectivity index (χ1v) is 6.32. The van der Waals surface area contributed by atoms with Crippen LogP contribution in [0, 0.1) is 6.92 Å². The molecule has 20 heavy (non-hydrogen) atoms. The van der Waals surface area contributed by atoms with Crippen molar-refractivity contribution in [1.29, 1.82) is 0 Å². The Balaban J connectivity index is 1.83. The Labute approximate surface area is 119 Å². The molecule has 0 aliphatic heterocycles. The Kier molecular flexibility index (Phi) is 3.30. The van der Waals surface area contributed by atoms with Gasteiger partial charge in [0.2, 0.25) is 5.28 Å². The summed E-state index contributed by atoms with van der Waals surface area (Å²) in [6.45, 7) is 2.04. The van der Waals surface area contributed by atoms with Gasteiger partial charge in [-0.05, 0) is 24.1 Å². The van der Waals surface area contributed by atoms with E-state index in [0.717, 1.165) is 10.9 Å². The van der Waals surface area contributed by atoms with E-state index in [1.807, 2.05) is 31.2 Å². The average Bonchev–Trinajstić information content (AvgIpc) is 2.89. The molecule has 2 heterocycles. The van der Waals surface area contributed by atoms with E-state index in [-0.39, 0.29) is 5.28 Å². The van der Waals surface area contributed by atoms with Crippen LogP contribution in [0.25, 0.3) is 11.0 Å². The highest BCUT2D eigenvalue weighted by atomic mass is 35.5. The predicted octanol–water partition coefficient (Wildman–Crippen LogP) is 2.76. The molecule has 0 aliphatic carbocycles. The number of benzene rings is 1. The first-order valence-electron chi connectivity index (χ1n) is 5.95. The Bertz CT molecular complexity index is 762. The molecule has 0 spiro atoms. The van der Waals surface area contributed by atoms with Crippen LogP contribution in [0.15, 0.2) is 35.6 Å². The maximum absolute atomic E-state index is 5.83. The molecule has 100 valence electrons. The molecule has 0 unspecified atom stereocenters. The lowest BCUT2D eigenvalue weighted by molar-refractivity contribution is 1.09. The van der Waals surface area contributed by atoms with E-state index in [2.05, 4.69) is 30.7 Å². The van der Waals surface area contributed by atoms with Gasteiger partial charge in [0.1, 0.15) is 0 Å². The smallest absolute Gasteiger partial charge is 0.226 e. The van der Waals surface area contributed by atoms with Crippen molar-refractivity contribution in [3.8, 4) is 0 Å². The summed E-state index contributed by atoms with van der Waals surface area (Å²) >= 11 is 5.83. The van der Waals surface area contributed by atoms with Gasteiger partial charge in [-0.1, -0.05) is 29.8 Å². The van der Waals surface area contributed by atoms with Gasteiger partial charge in [-0.15, -0.1) is 0 Å². The van der Waals surface area contributed by atoms with Crippen molar-refractivity contribution in [3.05, 3.63) is 46.9 Å². The number of nitrogens with one attached hydrogen (secondary N) is 2. The van der Waals surface area contributed by atoms with Gasteiger partial charge in [-0.25, -0.2) is 0 Å². The Morgan fingerprint density at radius 1 is 1.25 bits per heavy atom. The average molecular weight is 287 g/mol. The predicted molar refractivity (Wildman–Crippen MR) is 79.1 cm³/mol. The zero-order chi connectivity index (χ0) is 13.9. The third-order valence-corrected chi connectivity index (χ3v) is 2.91. The summed E-state index contributed by atoms with van der Waals surface area (Å²) in [5.41, 5.74) is 5.62. The van der Waals surface area contributed by atoms with E-state index in [1.165, 1.54) is 5.56 Å². The number of anilines is 1. The van der Waals surface area contributed by atoms with Crippen LogP contribution in [-0.2, 0) is 0 Å². The first-order chi connectivity index (χ1) is 9.72. The van der Waals surface area contributed by atoms with Gasteiger partial charge in [0.25, 0.3) is 0 Å². The van der Waals surface area contributed by atoms with Gasteiger partial charge in [-0.3, -0.25) is 10.5 Å². The van der Waals surface area contributed by atoms with E-state index < -0.39 is 0 Å². The van der Waals surface area contributed by atoms with Gasteiger partial charge >= 0.3 is 0 Å². The molecular weight excluding hydrogens is 276 g/mol. The second-order valence-corrected chi connectivity index (χ2v) is 4.59. The molecule has 3 aromatic rings. The number of hydrogen-bond donors (Lipinski definition) is 2. The van der Waals surface area contributed by atoms with Crippen LogP contribution in [0.3, 0.4) is 0 Å². The highest BCUT2D eigenvalue weighted by molar-refractivity contribution is 6.28. The quantitative estimate of drug-likeness (QED) is 0.441. The molecule has 6 nitrogen and oxygen atoms in total. The normalized spacial score (nSPS) is 11.3. The van der Waals surface area contributed by atoms with Crippen LogP contribution in [0.1, 0.15) is 11.1 Å². The topological polar surface area (TPSA) is 78.9 Å². The van der Waals surface area contributed by atoms with Crippen molar-refractivity contribution in [2.45, 2.75) is 6.92 Å². The zero-order valence-electron chi connectivity index (χ0n) is 10.6. The van der Waals surface area contributed by atoms with Crippen LogP contribution >= 0.6 is 11.6 Å². The van der Waals surface area contributed by atoms with Gasteiger partial charge in [0, 0.05) is 0 Å². The molecule has 0 aliphatic rings. The van der Waals surface area contributed by atoms with Crippen LogP contribution in [-0.4, -0.2) is 26.4 Å². The van der Waals surface area contributed by atoms with E-state index in [1.54, 1.807) is 12.4 Å². The fourth-order valence-electron chi connectivity index (χ4n) is 1.71. The molecule has 0 atom stereocenters. The third kappa shape index (κ3) is 2.60. The molecule has 2 N–H and O–H groups in total. The molecule has 0 radical (unpaired) electrons. The summed E-state index contributed by atoms with van der Waals surface area (Å²) < 4.78 is 0. The minimum atomic E-state index is 0.134. The molecule has 3 rings (SSSR count). The molecule has 0 bridgehead atoms. The second-order valence-electron chi connectivity index (χ2n) is 4.25. The van der Waals surface area contributed by atoms with Gasteiger partial charge < -0.3 is 0 Å². The van der Waals surface area contributed by atoms with Crippen molar-refractivity contribution in [1.82, 2.24) is 20.2 Å². The number of fused-ring (bicyclic) bond motifs is 1. The number of hydrogen-bond acceptors (Lipinski definition) is 5. The van der Waals surface area contributed by atoms with E-state index in [0.29, 0.717) is 11.5 Å². The van der Waals surface area contributed by atoms with Crippen molar-refractivity contribution in [2.75, 3.05) is 5.43 Å². The summed E-state index contributed by atoms with van der Waals surface area (Å²) in [6, 6.07) is 8.02. The fourth-order valence-corrected chi connectivity index (χ4v) is 1.88. The monoisotopic (exact) mass is 286 g/mol. The summed E-state index contributed by atoms with van der Waals surface area (Å²) in [5, 5.41) is 11.7. The lowest BCUT2D eigenvalue weighted by Gasteiger charge is -2.01. The second kappa shape index (κ2) is 5.26. The van der Waals surface area contributed by atoms with Crippen molar-refractivity contribution in [3.63, 3.8) is 0 Å². The number of rotatable bonds is 3. The summed E-state index contributed by atoms with van der Waals surface area (Å²) in [5.74, 6) is 0.511. The van der Waals surface area contributed by atoms with Crippen LogP contribution < -0.4 is 5.43 Å². The zero-order valence-corrected chi connectivity index (χ0v) is 11.4. The standard InChI is InChI=1S/C13H11ClN6/c1-8-2-4-9(5-3-8)6-15-19-11-10-7-16-20-12(10)18-13(14)17-11/h2-7H,1H3,(H2,16,17,18,19,20)/b15-6+. The van der Waals surface area contributed by atoms with E-state index in [4.69, 9.17) is 11.6 Å². The Hall–Kier alpha value is -2.47. The Morgan fingerprint density at radius 3 is 2.85 bits per heavy atom. The number of H-pyrrole nitrogens is 1. The van der Waals surface area contributed by atoms with Crippen LogP contribution in [0.2, 0.25) is 5.28 Å². The molecular formula is C13H11ClN6. The SMILES string of the molecule is Cc1ccc(/C=N/Nc2nc(Cl)nc3[nH]ncc23)cc1. The number of aromatic amines is 1. The Morgan fingerprint density at radius 2 is 2.05 bits per heavy atom. The third-order valence-electron chi connectivity index (χ3n) is 2.74. The minimum Gasteiger partial charge on any atom is -0.261 e. The number of hydrazone groups is 1. The molecule has 0 amide bonds. The van der Waals surface area contributed by atoms with Crippen molar-refractivity contribution < 1.29 is 0 Å². The van der Waals surface area contributed by atoms with E-state index in [9.17, 15) is 0 Å². The van der Waals surface area contributed by atoms with Crippen molar-refractivity contribution >= 4 is 34.7 Å². The molecule has 0 fully saturated rings. The molecule has 0 saturated heterocycles. The van der Waals surface area contributed by atoms with Gasteiger partial charge in [0.05, 0.1) is 17.8 Å². The molecule has 1 aromatic carbocycles.